The first-order valence-electron chi connectivity index (χ1n) is 8.55. The minimum absolute atomic E-state index is 0.285. The van der Waals surface area contributed by atoms with Gasteiger partial charge >= 0.3 is 0 Å². The Morgan fingerprint density at radius 1 is 1.19 bits per heavy atom. The number of halogens is 2. The van der Waals surface area contributed by atoms with Crippen molar-refractivity contribution in [3.8, 4) is 0 Å². The molecule has 1 atom stereocenters. The van der Waals surface area contributed by atoms with Crippen LogP contribution >= 0.6 is 0 Å². The molecule has 0 saturated carbocycles. The molecule has 4 nitrogen and oxygen atoms in total. The van der Waals surface area contributed by atoms with E-state index in [0.717, 1.165) is 29.9 Å². The van der Waals surface area contributed by atoms with Crippen molar-refractivity contribution in [1.82, 2.24) is 14.9 Å². The van der Waals surface area contributed by atoms with E-state index in [1.165, 1.54) is 5.56 Å². The molecule has 1 aromatic carbocycles. The van der Waals surface area contributed by atoms with Crippen LogP contribution in [0.15, 0.2) is 48.8 Å². The average molecular weight is 353 g/mol. The minimum Gasteiger partial charge on any atom is -0.337 e. The number of benzene rings is 1. The summed E-state index contributed by atoms with van der Waals surface area (Å²) < 4.78 is 26.8. The van der Waals surface area contributed by atoms with Crippen LogP contribution in [0.5, 0.6) is 0 Å². The molecule has 1 saturated heterocycles. The van der Waals surface area contributed by atoms with Crippen molar-refractivity contribution in [2.45, 2.75) is 12.8 Å². The molecule has 1 unspecified atom stereocenters. The van der Waals surface area contributed by atoms with Gasteiger partial charge in [-0.1, -0.05) is 18.2 Å². The second-order valence-electron chi connectivity index (χ2n) is 6.58. The highest BCUT2D eigenvalue weighted by atomic mass is 19.1. The van der Waals surface area contributed by atoms with Gasteiger partial charge in [-0.3, -0.25) is 9.78 Å². The van der Waals surface area contributed by atoms with Crippen LogP contribution < -0.4 is 0 Å². The number of hydrogen-bond acceptors (Lipinski definition) is 3. The Bertz CT molecular complexity index is 971. The molecule has 0 radical (unpaired) electrons. The van der Waals surface area contributed by atoms with Crippen molar-refractivity contribution < 1.29 is 13.6 Å². The van der Waals surface area contributed by atoms with Gasteiger partial charge in [0.15, 0.2) is 11.5 Å². The number of carbonyl (C=O) groups excluding carboxylic acids is 1. The Hall–Kier alpha value is -2.89. The number of likely N-dealkylation sites (tertiary alicyclic amines) is 1. The first-order chi connectivity index (χ1) is 12.6. The Labute approximate surface area is 149 Å². The maximum absolute atomic E-state index is 13.8. The second kappa shape index (κ2) is 6.78. The van der Waals surface area contributed by atoms with Crippen molar-refractivity contribution in [3.05, 3.63) is 71.7 Å². The molecule has 132 valence electrons. The van der Waals surface area contributed by atoms with E-state index in [4.69, 9.17) is 0 Å². The molecule has 26 heavy (non-hydrogen) atoms. The van der Waals surface area contributed by atoms with Crippen LogP contribution in [0.3, 0.4) is 0 Å². The number of amides is 1. The summed E-state index contributed by atoms with van der Waals surface area (Å²) in [4.78, 5) is 22.1. The molecule has 0 N–H and O–H groups in total. The number of hydrogen-bond donors (Lipinski definition) is 0. The summed E-state index contributed by atoms with van der Waals surface area (Å²) in [7, 11) is 0. The van der Waals surface area contributed by atoms with Crippen LogP contribution in [0.4, 0.5) is 8.78 Å². The molecule has 0 spiro atoms. The minimum atomic E-state index is -0.918. The SMILES string of the molecule is O=C(c1ncc(F)cc1F)N1CCC(Cc2ccnc3ccccc23)C1. The van der Waals surface area contributed by atoms with E-state index in [1.807, 2.05) is 30.3 Å². The Morgan fingerprint density at radius 3 is 2.88 bits per heavy atom. The van der Waals surface area contributed by atoms with Crippen LogP contribution in [0.2, 0.25) is 0 Å². The number of para-hydroxylation sites is 1. The fraction of sp³-hybridized carbons (Fsp3) is 0.250. The quantitative estimate of drug-likeness (QED) is 0.723. The average Bonchev–Trinajstić information content (AvgIpc) is 3.10. The molecular formula is C20H17F2N3O. The molecule has 1 fully saturated rings. The lowest BCUT2D eigenvalue weighted by atomic mass is 9.96. The predicted molar refractivity (Wildman–Crippen MR) is 93.6 cm³/mol. The van der Waals surface area contributed by atoms with Crippen molar-refractivity contribution in [2.75, 3.05) is 13.1 Å². The maximum Gasteiger partial charge on any atom is 0.275 e. The van der Waals surface area contributed by atoms with Crippen molar-refractivity contribution in [3.63, 3.8) is 0 Å². The lowest BCUT2D eigenvalue weighted by Crippen LogP contribution is -2.30. The lowest BCUT2D eigenvalue weighted by molar-refractivity contribution is 0.0776. The van der Waals surface area contributed by atoms with Crippen molar-refractivity contribution in [1.29, 1.82) is 0 Å². The zero-order valence-corrected chi connectivity index (χ0v) is 14.0. The summed E-state index contributed by atoms with van der Waals surface area (Å²) in [5, 5.41) is 1.12. The van der Waals surface area contributed by atoms with Gasteiger partial charge in [0.2, 0.25) is 0 Å². The van der Waals surface area contributed by atoms with Gasteiger partial charge in [-0.15, -0.1) is 0 Å². The van der Waals surface area contributed by atoms with E-state index in [1.54, 1.807) is 11.1 Å². The molecule has 1 amide bonds. The summed E-state index contributed by atoms with van der Waals surface area (Å²) in [6.07, 6.45) is 4.33. The standard InChI is InChI=1S/C20H17F2N3O/c21-15-10-17(22)19(24-11-15)20(26)25-8-6-13(12-25)9-14-5-7-23-18-4-2-1-3-16(14)18/h1-5,7,10-11,13H,6,8-9,12H2. The van der Waals surface area contributed by atoms with Gasteiger partial charge in [0.05, 0.1) is 11.7 Å². The van der Waals surface area contributed by atoms with Gasteiger partial charge in [0, 0.05) is 30.7 Å². The topological polar surface area (TPSA) is 46.1 Å². The van der Waals surface area contributed by atoms with Gasteiger partial charge in [-0.25, -0.2) is 13.8 Å². The van der Waals surface area contributed by atoms with E-state index in [-0.39, 0.29) is 11.6 Å². The normalized spacial score (nSPS) is 17.0. The Balaban J connectivity index is 1.49. The number of fused-ring (bicyclic) bond motifs is 1. The molecule has 3 aromatic rings. The van der Waals surface area contributed by atoms with Crippen molar-refractivity contribution >= 4 is 16.8 Å². The number of rotatable bonds is 3. The number of nitrogens with zero attached hydrogens (tertiary/aromatic N) is 3. The van der Waals surface area contributed by atoms with Crippen LogP contribution in [-0.2, 0) is 6.42 Å². The summed E-state index contributed by atoms with van der Waals surface area (Å²) in [5.41, 5.74) is 1.83. The van der Waals surface area contributed by atoms with Gasteiger partial charge in [-0.05, 0) is 36.5 Å². The summed E-state index contributed by atoms with van der Waals surface area (Å²) in [6, 6.07) is 10.7. The van der Waals surface area contributed by atoms with Gasteiger partial charge in [-0.2, -0.15) is 0 Å². The van der Waals surface area contributed by atoms with Crippen LogP contribution in [0.1, 0.15) is 22.5 Å². The first kappa shape index (κ1) is 16.6. The van der Waals surface area contributed by atoms with E-state index < -0.39 is 17.5 Å². The Morgan fingerprint density at radius 2 is 2.04 bits per heavy atom. The zero-order valence-electron chi connectivity index (χ0n) is 14.0. The molecule has 6 heteroatoms. The molecule has 3 heterocycles. The van der Waals surface area contributed by atoms with E-state index in [0.29, 0.717) is 19.2 Å². The van der Waals surface area contributed by atoms with Crippen LogP contribution in [0.25, 0.3) is 10.9 Å². The third-order valence-corrected chi connectivity index (χ3v) is 4.83. The van der Waals surface area contributed by atoms with Crippen molar-refractivity contribution in [2.24, 2.45) is 5.92 Å². The smallest absolute Gasteiger partial charge is 0.275 e. The van der Waals surface area contributed by atoms with E-state index in [9.17, 15) is 13.6 Å². The molecule has 1 aliphatic heterocycles. The van der Waals surface area contributed by atoms with Gasteiger partial charge in [0.25, 0.3) is 5.91 Å². The van der Waals surface area contributed by atoms with Crippen LogP contribution in [-0.4, -0.2) is 33.9 Å². The first-order valence-corrected chi connectivity index (χ1v) is 8.55. The lowest BCUT2D eigenvalue weighted by Gasteiger charge is -2.17. The third-order valence-electron chi connectivity index (χ3n) is 4.83. The fourth-order valence-corrected chi connectivity index (χ4v) is 3.55. The zero-order chi connectivity index (χ0) is 18.1. The number of aromatic nitrogens is 2. The maximum atomic E-state index is 13.8. The third kappa shape index (κ3) is 3.14. The summed E-state index contributed by atoms with van der Waals surface area (Å²) in [6.45, 7) is 1.08. The molecule has 0 aliphatic carbocycles. The number of pyridine rings is 2. The highest BCUT2D eigenvalue weighted by Crippen LogP contribution is 2.26. The van der Waals surface area contributed by atoms with Crippen LogP contribution in [0, 0.1) is 17.6 Å². The molecule has 4 rings (SSSR count). The highest BCUT2D eigenvalue weighted by Gasteiger charge is 2.29. The molecular weight excluding hydrogens is 336 g/mol. The molecule has 1 aliphatic rings. The molecule has 0 bridgehead atoms. The largest absolute Gasteiger partial charge is 0.337 e. The van der Waals surface area contributed by atoms with E-state index >= 15 is 0 Å². The summed E-state index contributed by atoms with van der Waals surface area (Å²) >= 11 is 0. The second-order valence-corrected chi connectivity index (χ2v) is 6.58. The van der Waals surface area contributed by atoms with Gasteiger partial charge < -0.3 is 4.90 Å². The predicted octanol–water partition coefficient (Wildman–Crippen LogP) is 3.61. The number of carbonyl (C=O) groups is 1. The summed E-state index contributed by atoms with van der Waals surface area (Å²) in [5.74, 6) is -1.90. The Kier molecular flexibility index (Phi) is 4.32. The fourth-order valence-electron chi connectivity index (χ4n) is 3.55. The van der Waals surface area contributed by atoms with Gasteiger partial charge in [0.1, 0.15) is 5.82 Å². The molecule has 2 aromatic heterocycles. The highest BCUT2D eigenvalue weighted by molar-refractivity contribution is 5.92. The van der Waals surface area contributed by atoms with E-state index in [2.05, 4.69) is 9.97 Å². The monoisotopic (exact) mass is 353 g/mol.